The Bertz CT molecular complexity index is 114. The van der Waals surface area contributed by atoms with Crippen LogP contribution in [0.3, 0.4) is 0 Å². The molecule has 1 saturated heterocycles. The van der Waals surface area contributed by atoms with Crippen LogP contribution in [0.2, 0.25) is 0 Å². The molecule has 0 saturated carbocycles. The van der Waals surface area contributed by atoms with Crippen LogP contribution < -0.4 is 5.32 Å². The summed E-state index contributed by atoms with van der Waals surface area (Å²) in [5.74, 6) is 0.836. The highest BCUT2D eigenvalue weighted by molar-refractivity contribution is 4.93. The Morgan fingerprint density at radius 1 is 1.30 bits per heavy atom. The van der Waals surface area contributed by atoms with E-state index >= 15 is 0 Å². The van der Waals surface area contributed by atoms with E-state index in [1.165, 1.54) is 13.1 Å². The van der Waals surface area contributed by atoms with Crippen molar-refractivity contribution in [3.05, 3.63) is 0 Å². The normalized spacial score (nSPS) is 21.3. The molecule has 0 aliphatic carbocycles. The lowest BCUT2D eigenvalue weighted by Crippen LogP contribution is -2.58. The molecule has 1 aliphatic rings. The zero-order valence-corrected chi connectivity index (χ0v) is 7.44. The molecule has 0 radical (unpaired) electrons. The zero-order valence-electron chi connectivity index (χ0n) is 7.44. The summed E-state index contributed by atoms with van der Waals surface area (Å²) in [4.78, 5) is 2.30. The minimum atomic E-state index is 0.366. The number of hydrogen-bond acceptors (Lipinski definition) is 2. The summed E-state index contributed by atoms with van der Waals surface area (Å²) in [6.07, 6.45) is 0. The Kier molecular flexibility index (Phi) is 2.02. The molecule has 1 fully saturated rings. The molecule has 2 heteroatoms. The molecule has 1 rings (SSSR count). The van der Waals surface area contributed by atoms with Gasteiger partial charge in [0, 0.05) is 24.5 Å². The molecule has 0 bridgehead atoms. The average molecular weight is 142 g/mol. The maximum Gasteiger partial charge on any atom is 0.0199 e. The Balaban J connectivity index is 2.48. The first-order chi connectivity index (χ1) is 4.55. The molecule has 60 valence electrons. The van der Waals surface area contributed by atoms with Gasteiger partial charge in [0.25, 0.3) is 0 Å². The van der Waals surface area contributed by atoms with E-state index in [1.54, 1.807) is 0 Å². The van der Waals surface area contributed by atoms with E-state index in [0.717, 1.165) is 5.92 Å². The van der Waals surface area contributed by atoms with Crippen molar-refractivity contribution in [3.63, 3.8) is 0 Å². The van der Waals surface area contributed by atoms with Crippen molar-refractivity contribution in [1.82, 2.24) is 10.2 Å². The minimum Gasteiger partial charge on any atom is -0.316 e. The molecule has 0 amide bonds. The van der Waals surface area contributed by atoms with E-state index in [2.05, 4.69) is 38.2 Å². The molecule has 0 spiro atoms. The van der Waals surface area contributed by atoms with Gasteiger partial charge in [-0.2, -0.15) is 0 Å². The first-order valence-corrected chi connectivity index (χ1v) is 3.93. The molecule has 10 heavy (non-hydrogen) atoms. The van der Waals surface area contributed by atoms with E-state index in [1.807, 2.05) is 0 Å². The fourth-order valence-corrected chi connectivity index (χ4v) is 1.15. The van der Waals surface area contributed by atoms with Crippen molar-refractivity contribution in [2.24, 2.45) is 5.92 Å². The topological polar surface area (TPSA) is 15.3 Å². The molecule has 0 unspecified atom stereocenters. The number of nitrogens with one attached hydrogen (secondary N) is 1. The van der Waals surface area contributed by atoms with Crippen molar-refractivity contribution >= 4 is 0 Å². The Morgan fingerprint density at radius 3 is 1.90 bits per heavy atom. The predicted octanol–water partition coefficient (Wildman–Crippen LogP) is 0.546. The SMILES string of the molecule is CN(C)C(C)(C)C1CNC1. The van der Waals surface area contributed by atoms with Gasteiger partial charge in [0.05, 0.1) is 0 Å². The monoisotopic (exact) mass is 142 g/mol. The largest absolute Gasteiger partial charge is 0.316 e. The van der Waals surface area contributed by atoms with Crippen LogP contribution in [0.1, 0.15) is 13.8 Å². The summed E-state index contributed by atoms with van der Waals surface area (Å²) in [6, 6.07) is 0. The highest BCUT2D eigenvalue weighted by Gasteiger charge is 2.35. The molecule has 0 aromatic rings. The average Bonchev–Trinajstić information content (AvgIpc) is 1.57. The van der Waals surface area contributed by atoms with Gasteiger partial charge in [0.2, 0.25) is 0 Å². The first kappa shape index (κ1) is 8.02. The van der Waals surface area contributed by atoms with Crippen molar-refractivity contribution in [1.29, 1.82) is 0 Å². The summed E-state index contributed by atoms with van der Waals surface area (Å²) in [6.45, 7) is 6.98. The van der Waals surface area contributed by atoms with E-state index in [9.17, 15) is 0 Å². The van der Waals surface area contributed by atoms with Gasteiger partial charge in [-0.25, -0.2) is 0 Å². The second-order valence-corrected chi connectivity index (χ2v) is 3.90. The maximum atomic E-state index is 3.30. The molecule has 1 N–H and O–H groups in total. The van der Waals surface area contributed by atoms with Crippen molar-refractivity contribution in [2.75, 3.05) is 27.2 Å². The van der Waals surface area contributed by atoms with Gasteiger partial charge in [-0.1, -0.05) is 0 Å². The molecule has 0 atom stereocenters. The third-order valence-electron chi connectivity index (χ3n) is 2.93. The summed E-state index contributed by atoms with van der Waals surface area (Å²) in [7, 11) is 4.30. The summed E-state index contributed by atoms with van der Waals surface area (Å²) in [5, 5.41) is 3.30. The van der Waals surface area contributed by atoms with Crippen molar-refractivity contribution in [3.8, 4) is 0 Å². The Labute approximate surface area is 63.6 Å². The van der Waals surface area contributed by atoms with Crippen LogP contribution in [0.5, 0.6) is 0 Å². The molecule has 0 aromatic carbocycles. The first-order valence-electron chi connectivity index (χ1n) is 3.93. The van der Waals surface area contributed by atoms with Crippen LogP contribution in [0.15, 0.2) is 0 Å². The van der Waals surface area contributed by atoms with Crippen LogP contribution >= 0.6 is 0 Å². The third-order valence-corrected chi connectivity index (χ3v) is 2.93. The number of hydrogen-bond donors (Lipinski definition) is 1. The molecule has 2 nitrogen and oxygen atoms in total. The lowest BCUT2D eigenvalue weighted by Gasteiger charge is -2.45. The van der Waals surface area contributed by atoms with E-state index < -0.39 is 0 Å². The minimum absolute atomic E-state index is 0.366. The van der Waals surface area contributed by atoms with Crippen LogP contribution in [0.4, 0.5) is 0 Å². The maximum absolute atomic E-state index is 3.30. The summed E-state index contributed by atoms with van der Waals surface area (Å²) in [5.41, 5.74) is 0.366. The lowest BCUT2D eigenvalue weighted by molar-refractivity contribution is 0.0801. The van der Waals surface area contributed by atoms with Crippen LogP contribution in [-0.4, -0.2) is 37.6 Å². The van der Waals surface area contributed by atoms with E-state index in [-0.39, 0.29) is 0 Å². The van der Waals surface area contributed by atoms with Gasteiger partial charge in [-0.05, 0) is 27.9 Å². The fourth-order valence-electron chi connectivity index (χ4n) is 1.15. The van der Waals surface area contributed by atoms with Gasteiger partial charge in [-0.15, -0.1) is 0 Å². The summed E-state index contributed by atoms with van der Waals surface area (Å²) < 4.78 is 0. The van der Waals surface area contributed by atoms with Gasteiger partial charge in [0.1, 0.15) is 0 Å². The highest BCUT2D eigenvalue weighted by Crippen LogP contribution is 2.24. The van der Waals surface area contributed by atoms with Gasteiger partial charge < -0.3 is 10.2 Å². The van der Waals surface area contributed by atoms with Crippen LogP contribution in [0, 0.1) is 5.92 Å². The predicted molar refractivity (Wildman–Crippen MR) is 44.1 cm³/mol. The van der Waals surface area contributed by atoms with E-state index in [4.69, 9.17) is 0 Å². The lowest BCUT2D eigenvalue weighted by atomic mass is 9.82. The van der Waals surface area contributed by atoms with Crippen LogP contribution in [-0.2, 0) is 0 Å². The second kappa shape index (κ2) is 2.51. The molecular weight excluding hydrogens is 124 g/mol. The molecular formula is C8H18N2. The van der Waals surface area contributed by atoms with Gasteiger partial charge >= 0.3 is 0 Å². The quantitative estimate of drug-likeness (QED) is 0.605. The number of nitrogens with zero attached hydrogens (tertiary/aromatic N) is 1. The van der Waals surface area contributed by atoms with Crippen LogP contribution in [0.25, 0.3) is 0 Å². The van der Waals surface area contributed by atoms with Crippen molar-refractivity contribution < 1.29 is 0 Å². The van der Waals surface area contributed by atoms with Gasteiger partial charge in [0.15, 0.2) is 0 Å². The Morgan fingerprint density at radius 2 is 1.80 bits per heavy atom. The molecule has 1 aliphatic heterocycles. The van der Waals surface area contributed by atoms with Gasteiger partial charge in [-0.3, -0.25) is 0 Å². The standard InChI is InChI=1S/C8H18N2/c1-8(2,10(3)4)7-5-9-6-7/h7,9H,5-6H2,1-4H3. The fraction of sp³-hybridized carbons (Fsp3) is 1.00. The molecule has 0 aromatic heterocycles. The summed E-state index contributed by atoms with van der Waals surface area (Å²) >= 11 is 0. The number of rotatable bonds is 2. The second-order valence-electron chi connectivity index (χ2n) is 3.90. The Hall–Kier alpha value is -0.0800. The smallest absolute Gasteiger partial charge is 0.0199 e. The molecule has 1 heterocycles. The third kappa shape index (κ3) is 1.18. The van der Waals surface area contributed by atoms with Crippen molar-refractivity contribution in [2.45, 2.75) is 19.4 Å². The van der Waals surface area contributed by atoms with E-state index in [0.29, 0.717) is 5.54 Å². The highest BCUT2D eigenvalue weighted by atomic mass is 15.2. The zero-order chi connectivity index (χ0) is 7.78.